The predicted octanol–water partition coefficient (Wildman–Crippen LogP) is 3.17. The van der Waals surface area contributed by atoms with Crippen LogP contribution < -0.4 is 5.73 Å². The largest absolute Gasteiger partial charge is 0.375 e. The summed E-state index contributed by atoms with van der Waals surface area (Å²) in [5.74, 6) is 0.812. The third kappa shape index (κ3) is 3.30. The summed E-state index contributed by atoms with van der Waals surface area (Å²) in [5.41, 5.74) is 6.97. The van der Waals surface area contributed by atoms with Crippen molar-refractivity contribution >= 4 is 0 Å². The van der Waals surface area contributed by atoms with Gasteiger partial charge in [-0.1, -0.05) is 33.6 Å². The highest BCUT2D eigenvalue weighted by Crippen LogP contribution is 2.41. The average molecular weight is 294 g/mol. The van der Waals surface area contributed by atoms with E-state index in [1.54, 1.807) is 0 Å². The van der Waals surface area contributed by atoms with E-state index in [9.17, 15) is 0 Å². The molecule has 0 amide bonds. The van der Waals surface area contributed by atoms with Gasteiger partial charge in [-0.25, -0.2) is 0 Å². The van der Waals surface area contributed by atoms with Crippen LogP contribution in [0.15, 0.2) is 0 Å². The van der Waals surface area contributed by atoms with Crippen molar-refractivity contribution in [1.82, 2.24) is 4.90 Å². The Morgan fingerprint density at radius 2 is 1.76 bits per heavy atom. The Balaban J connectivity index is 1.73. The molecule has 2 saturated carbocycles. The van der Waals surface area contributed by atoms with Crippen molar-refractivity contribution in [3.8, 4) is 0 Å². The van der Waals surface area contributed by atoms with Gasteiger partial charge in [0, 0.05) is 24.7 Å². The maximum atomic E-state index is 6.55. The molecule has 1 heterocycles. The Labute approximate surface area is 130 Å². The van der Waals surface area contributed by atoms with Gasteiger partial charge in [-0.3, -0.25) is 4.90 Å². The zero-order chi connectivity index (χ0) is 15.0. The molecule has 3 nitrogen and oxygen atoms in total. The maximum Gasteiger partial charge on any atom is 0.0731 e. The zero-order valence-corrected chi connectivity index (χ0v) is 14.2. The number of nitrogens with two attached hydrogens (primary N) is 1. The quantitative estimate of drug-likeness (QED) is 0.807. The molecule has 21 heavy (non-hydrogen) atoms. The predicted molar refractivity (Wildman–Crippen MR) is 87.3 cm³/mol. The van der Waals surface area contributed by atoms with Gasteiger partial charge in [0.2, 0.25) is 0 Å². The van der Waals surface area contributed by atoms with Gasteiger partial charge < -0.3 is 10.5 Å². The van der Waals surface area contributed by atoms with Crippen molar-refractivity contribution in [2.75, 3.05) is 13.2 Å². The van der Waals surface area contributed by atoms with E-state index in [1.807, 2.05) is 0 Å². The van der Waals surface area contributed by atoms with Crippen LogP contribution in [0.4, 0.5) is 0 Å². The minimum Gasteiger partial charge on any atom is -0.375 e. The molecule has 3 fully saturated rings. The molecule has 2 aliphatic carbocycles. The summed E-state index contributed by atoms with van der Waals surface area (Å²) >= 11 is 0. The number of nitrogens with zero attached hydrogens (tertiary/aromatic N) is 1. The summed E-state index contributed by atoms with van der Waals surface area (Å²) in [4.78, 5) is 2.76. The third-order valence-corrected chi connectivity index (χ3v) is 6.29. The lowest BCUT2D eigenvalue weighted by molar-refractivity contribution is -0.114. The van der Waals surface area contributed by atoms with Gasteiger partial charge in [-0.2, -0.15) is 0 Å². The molecular weight excluding hydrogens is 260 g/mol. The number of rotatable bonds is 1. The number of hydrogen-bond acceptors (Lipinski definition) is 3. The molecule has 5 unspecified atom stereocenters. The Morgan fingerprint density at radius 1 is 1.00 bits per heavy atom. The van der Waals surface area contributed by atoms with E-state index in [1.165, 1.54) is 44.9 Å². The lowest BCUT2D eigenvalue weighted by atomic mass is 9.69. The number of hydrogen-bond donors (Lipinski definition) is 1. The van der Waals surface area contributed by atoms with Gasteiger partial charge in [0.05, 0.1) is 12.7 Å². The van der Waals surface area contributed by atoms with Crippen LogP contribution >= 0.6 is 0 Å². The summed E-state index contributed by atoms with van der Waals surface area (Å²) in [7, 11) is 0. The van der Waals surface area contributed by atoms with Gasteiger partial charge in [-0.15, -0.1) is 0 Å². The maximum absolute atomic E-state index is 6.55. The fourth-order valence-corrected chi connectivity index (χ4v) is 4.88. The highest BCUT2D eigenvalue weighted by Gasteiger charge is 2.43. The van der Waals surface area contributed by atoms with Crippen molar-refractivity contribution in [2.24, 2.45) is 17.1 Å². The minimum atomic E-state index is 0.365. The fourth-order valence-electron chi connectivity index (χ4n) is 4.88. The second-order valence-electron chi connectivity index (χ2n) is 8.61. The lowest BCUT2D eigenvalue weighted by Gasteiger charge is -2.52. The molecule has 0 radical (unpaired) electrons. The molecule has 3 heteroatoms. The average Bonchev–Trinajstić information content (AvgIpc) is 2.46. The molecule has 122 valence electrons. The SMILES string of the molecule is CC(C)(C)C1CCC(N)C(N2CCOC3CCCCC32)C1. The molecule has 5 atom stereocenters. The van der Waals surface area contributed by atoms with Gasteiger partial charge >= 0.3 is 0 Å². The van der Waals surface area contributed by atoms with E-state index in [0.717, 1.165) is 19.1 Å². The first-order valence-electron chi connectivity index (χ1n) is 9.10. The van der Waals surface area contributed by atoms with E-state index in [4.69, 9.17) is 10.5 Å². The minimum absolute atomic E-state index is 0.365. The Kier molecular flexibility index (Phi) is 4.63. The molecule has 0 bridgehead atoms. The summed E-state index contributed by atoms with van der Waals surface area (Å²) in [6.07, 6.45) is 9.55. The first kappa shape index (κ1) is 15.8. The summed E-state index contributed by atoms with van der Waals surface area (Å²) < 4.78 is 6.05. The van der Waals surface area contributed by atoms with E-state index in [-0.39, 0.29) is 0 Å². The van der Waals surface area contributed by atoms with Crippen LogP contribution in [0, 0.1) is 11.3 Å². The topological polar surface area (TPSA) is 38.5 Å². The van der Waals surface area contributed by atoms with Gasteiger partial charge in [-0.05, 0) is 43.4 Å². The molecular formula is C18H34N2O. The highest BCUT2D eigenvalue weighted by molar-refractivity contribution is 4.98. The van der Waals surface area contributed by atoms with Crippen LogP contribution in [0.3, 0.4) is 0 Å². The Hall–Kier alpha value is -0.120. The van der Waals surface area contributed by atoms with Crippen LogP contribution in [0.25, 0.3) is 0 Å². The van der Waals surface area contributed by atoms with Crippen LogP contribution in [0.1, 0.15) is 65.7 Å². The molecule has 1 aliphatic heterocycles. The van der Waals surface area contributed by atoms with E-state index in [2.05, 4.69) is 25.7 Å². The fraction of sp³-hybridized carbons (Fsp3) is 1.00. The first-order chi connectivity index (χ1) is 9.97. The van der Waals surface area contributed by atoms with E-state index in [0.29, 0.717) is 29.6 Å². The van der Waals surface area contributed by atoms with Crippen LogP contribution in [-0.4, -0.2) is 42.3 Å². The van der Waals surface area contributed by atoms with Crippen LogP contribution in [0.5, 0.6) is 0 Å². The Morgan fingerprint density at radius 3 is 2.52 bits per heavy atom. The van der Waals surface area contributed by atoms with Crippen LogP contribution in [0.2, 0.25) is 0 Å². The smallest absolute Gasteiger partial charge is 0.0731 e. The summed E-state index contributed by atoms with van der Waals surface area (Å²) in [6.45, 7) is 9.19. The molecule has 0 aromatic carbocycles. The summed E-state index contributed by atoms with van der Waals surface area (Å²) in [5, 5.41) is 0. The lowest BCUT2D eigenvalue weighted by Crippen LogP contribution is -2.62. The number of fused-ring (bicyclic) bond motifs is 1. The van der Waals surface area contributed by atoms with Crippen LogP contribution in [-0.2, 0) is 4.74 Å². The normalized spacial score (nSPS) is 42.6. The van der Waals surface area contributed by atoms with Crippen molar-refractivity contribution in [3.63, 3.8) is 0 Å². The Bertz CT molecular complexity index is 350. The van der Waals surface area contributed by atoms with E-state index >= 15 is 0 Å². The van der Waals surface area contributed by atoms with E-state index < -0.39 is 0 Å². The first-order valence-corrected chi connectivity index (χ1v) is 9.10. The second kappa shape index (κ2) is 6.17. The molecule has 2 N–H and O–H groups in total. The highest BCUT2D eigenvalue weighted by atomic mass is 16.5. The zero-order valence-electron chi connectivity index (χ0n) is 14.2. The van der Waals surface area contributed by atoms with Gasteiger partial charge in [0.1, 0.15) is 0 Å². The van der Waals surface area contributed by atoms with Gasteiger partial charge in [0.15, 0.2) is 0 Å². The van der Waals surface area contributed by atoms with Crippen molar-refractivity contribution in [2.45, 2.75) is 89.9 Å². The molecule has 3 rings (SSSR count). The molecule has 0 aromatic rings. The third-order valence-electron chi connectivity index (χ3n) is 6.29. The van der Waals surface area contributed by atoms with Gasteiger partial charge in [0.25, 0.3) is 0 Å². The molecule has 0 spiro atoms. The monoisotopic (exact) mass is 294 g/mol. The molecule has 0 aromatic heterocycles. The van der Waals surface area contributed by atoms with Crippen molar-refractivity contribution < 1.29 is 4.74 Å². The van der Waals surface area contributed by atoms with Crippen molar-refractivity contribution in [3.05, 3.63) is 0 Å². The second-order valence-corrected chi connectivity index (χ2v) is 8.61. The van der Waals surface area contributed by atoms with Crippen molar-refractivity contribution in [1.29, 1.82) is 0 Å². The summed E-state index contributed by atoms with van der Waals surface area (Å²) in [6, 6.07) is 1.59. The molecule has 1 saturated heterocycles. The molecule has 3 aliphatic rings. The number of ether oxygens (including phenoxy) is 1. The number of morpholine rings is 1. The standard InChI is InChI=1S/C18H34N2O/c1-18(2,3)13-8-9-14(19)16(12-13)20-10-11-21-17-7-5-4-6-15(17)20/h13-17H,4-12,19H2,1-3H3.